The number of nitrogen functional groups attached to an aromatic ring is 1. The smallest absolute Gasteiger partial charge is 0.271 e. The van der Waals surface area contributed by atoms with Gasteiger partial charge in [0.15, 0.2) is 0 Å². The molecule has 0 saturated heterocycles. The van der Waals surface area contributed by atoms with E-state index in [0.29, 0.717) is 6.54 Å². The molecular formula is C12H16ClN3O3. The summed E-state index contributed by atoms with van der Waals surface area (Å²) in [5.74, 6) is -0.361. The Morgan fingerprint density at radius 3 is 2.53 bits per heavy atom. The minimum Gasteiger partial charge on any atom is -0.397 e. The van der Waals surface area contributed by atoms with Crippen LogP contribution in [-0.4, -0.2) is 28.3 Å². The van der Waals surface area contributed by atoms with Crippen LogP contribution >= 0.6 is 11.6 Å². The summed E-state index contributed by atoms with van der Waals surface area (Å²) in [6.45, 7) is 6.02. The molecule has 0 aromatic heterocycles. The molecule has 0 aliphatic heterocycles. The van der Waals surface area contributed by atoms with Crippen LogP contribution in [0.3, 0.4) is 0 Å². The summed E-state index contributed by atoms with van der Waals surface area (Å²) in [5.41, 5.74) is 5.63. The molecule has 0 aliphatic rings. The molecule has 1 aromatic rings. The molecule has 1 amide bonds. The van der Waals surface area contributed by atoms with Crippen molar-refractivity contribution in [1.82, 2.24) is 4.90 Å². The third kappa shape index (κ3) is 3.14. The number of carbonyl (C=O) groups is 1. The minimum absolute atomic E-state index is 0.0114. The highest BCUT2D eigenvalue weighted by Gasteiger charge is 2.23. The Morgan fingerprint density at radius 1 is 1.53 bits per heavy atom. The number of anilines is 1. The van der Waals surface area contributed by atoms with E-state index in [1.807, 2.05) is 20.8 Å². The molecule has 0 bridgehead atoms. The van der Waals surface area contributed by atoms with Gasteiger partial charge in [-0.15, -0.1) is 0 Å². The van der Waals surface area contributed by atoms with Crippen molar-refractivity contribution in [3.05, 3.63) is 32.8 Å². The normalized spacial score (nSPS) is 10.6. The molecule has 104 valence electrons. The number of carbonyl (C=O) groups excluding carboxylic acids is 1. The highest BCUT2D eigenvalue weighted by atomic mass is 35.5. The van der Waals surface area contributed by atoms with Crippen molar-refractivity contribution < 1.29 is 9.72 Å². The zero-order chi connectivity index (χ0) is 14.7. The lowest BCUT2D eigenvalue weighted by Gasteiger charge is -2.25. The molecule has 0 unspecified atom stereocenters. The molecule has 19 heavy (non-hydrogen) atoms. The van der Waals surface area contributed by atoms with Crippen LogP contribution in [0.5, 0.6) is 0 Å². The molecule has 6 nitrogen and oxygen atoms in total. The monoisotopic (exact) mass is 285 g/mol. The minimum atomic E-state index is -0.603. The predicted octanol–water partition coefficient (Wildman–Crippen LogP) is 2.70. The number of rotatable bonds is 4. The number of nitro groups is 1. The van der Waals surface area contributed by atoms with Gasteiger partial charge < -0.3 is 10.6 Å². The lowest BCUT2D eigenvalue weighted by molar-refractivity contribution is -0.384. The summed E-state index contributed by atoms with van der Waals surface area (Å²) >= 11 is 5.83. The van der Waals surface area contributed by atoms with Gasteiger partial charge in [0.1, 0.15) is 0 Å². The molecule has 0 radical (unpaired) electrons. The van der Waals surface area contributed by atoms with E-state index in [-0.39, 0.29) is 33.9 Å². The number of hydrogen-bond acceptors (Lipinski definition) is 4. The average Bonchev–Trinajstić information content (AvgIpc) is 2.32. The van der Waals surface area contributed by atoms with Gasteiger partial charge in [0, 0.05) is 24.7 Å². The molecule has 0 saturated carbocycles. The van der Waals surface area contributed by atoms with Crippen LogP contribution < -0.4 is 5.73 Å². The van der Waals surface area contributed by atoms with Gasteiger partial charge >= 0.3 is 0 Å². The Bertz CT molecular complexity index is 517. The summed E-state index contributed by atoms with van der Waals surface area (Å²) in [5, 5.41) is 10.8. The van der Waals surface area contributed by atoms with E-state index in [9.17, 15) is 14.9 Å². The molecule has 1 aromatic carbocycles. The number of hydrogen-bond donors (Lipinski definition) is 1. The zero-order valence-corrected chi connectivity index (χ0v) is 11.8. The van der Waals surface area contributed by atoms with Crippen LogP contribution in [0.15, 0.2) is 12.1 Å². The fourth-order valence-corrected chi connectivity index (χ4v) is 2.00. The van der Waals surface area contributed by atoms with Gasteiger partial charge in [-0.3, -0.25) is 14.9 Å². The maximum atomic E-state index is 12.3. The van der Waals surface area contributed by atoms with Gasteiger partial charge in [-0.25, -0.2) is 0 Å². The number of non-ortho nitro benzene ring substituents is 1. The van der Waals surface area contributed by atoms with E-state index in [2.05, 4.69) is 0 Å². The number of nitro benzene ring substituents is 1. The summed E-state index contributed by atoms with van der Waals surface area (Å²) in [6, 6.07) is 2.27. The first-order chi connectivity index (χ1) is 8.79. The van der Waals surface area contributed by atoms with E-state index in [0.717, 1.165) is 12.1 Å². The second kappa shape index (κ2) is 5.88. The Kier molecular flexibility index (Phi) is 4.72. The van der Waals surface area contributed by atoms with Crippen LogP contribution in [-0.2, 0) is 0 Å². The van der Waals surface area contributed by atoms with Crippen LogP contribution in [0.25, 0.3) is 0 Å². The molecule has 2 N–H and O–H groups in total. The second-order valence-electron chi connectivity index (χ2n) is 4.33. The van der Waals surface area contributed by atoms with Gasteiger partial charge in [-0.2, -0.15) is 0 Å². The van der Waals surface area contributed by atoms with Gasteiger partial charge in [0.2, 0.25) is 0 Å². The van der Waals surface area contributed by atoms with Crippen LogP contribution in [0, 0.1) is 10.1 Å². The number of benzene rings is 1. The summed E-state index contributed by atoms with van der Waals surface area (Å²) in [4.78, 5) is 24.1. The van der Waals surface area contributed by atoms with E-state index < -0.39 is 4.92 Å². The van der Waals surface area contributed by atoms with Gasteiger partial charge in [-0.1, -0.05) is 11.6 Å². The molecule has 0 fully saturated rings. The molecule has 0 atom stereocenters. The van der Waals surface area contributed by atoms with Crippen LogP contribution in [0.4, 0.5) is 11.4 Å². The van der Waals surface area contributed by atoms with E-state index in [1.54, 1.807) is 4.90 Å². The number of nitrogens with zero attached hydrogens (tertiary/aromatic N) is 2. The SMILES string of the molecule is CCN(C(=O)c1cc([N+](=O)[O-])cc(Cl)c1N)C(C)C. The second-order valence-corrected chi connectivity index (χ2v) is 4.74. The van der Waals surface area contributed by atoms with E-state index in [1.165, 1.54) is 0 Å². The van der Waals surface area contributed by atoms with Crippen LogP contribution in [0.1, 0.15) is 31.1 Å². The number of amides is 1. The molecule has 1 rings (SSSR count). The Hall–Kier alpha value is -1.82. The highest BCUT2D eigenvalue weighted by molar-refractivity contribution is 6.34. The fourth-order valence-electron chi connectivity index (χ4n) is 1.78. The maximum Gasteiger partial charge on any atom is 0.271 e. The van der Waals surface area contributed by atoms with Gasteiger partial charge in [-0.05, 0) is 20.8 Å². The predicted molar refractivity (Wildman–Crippen MR) is 74.4 cm³/mol. The first-order valence-corrected chi connectivity index (χ1v) is 6.21. The van der Waals surface area contributed by atoms with Crippen molar-refractivity contribution in [3.63, 3.8) is 0 Å². The number of halogens is 1. The summed E-state index contributed by atoms with van der Waals surface area (Å²) < 4.78 is 0. The molecule has 0 spiro atoms. The third-order valence-corrected chi connectivity index (χ3v) is 3.09. The van der Waals surface area contributed by atoms with Crippen molar-refractivity contribution in [2.24, 2.45) is 0 Å². The quantitative estimate of drug-likeness (QED) is 0.523. The standard InChI is InChI=1S/C12H16ClN3O3/c1-4-15(7(2)3)12(17)9-5-8(16(18)19)6-10(13)11(9)14/h5-7H,4,14H2,1-3H3. The van der Waals surface area contributed by atoms with Crippen molar-refractivity contribution in [3.8, 4) is 0 Å². The third-order valence-electron chi connectivity index (χ3n) is 2.78. The fraction of sp³-hybridized carbons (Fsp3) is 0.417. The molecule has 0 heterocycles. The zero-order valence-electron chi connectivity index (χ0n) is 11.0. The molecular weight excluding hydrogens is 270 g/mol. The number of nitrogens with two attached hydrogens (primary N) is 1. The Morgan fingerprint density at radius 2 is 2.11 bits per heavy atom. The van der Waals surface area contributed by atoms with E-state index in [4.69, 9.17) is 17.3 Å². The van der Waals surface area contributed by atoms with Crippen molar-refractivity contribution >= 4 is 28.9 Å². The van der Waals surface area contributed by atoms with Crippen LogP contribution in [0.2, 0.25) is 5.02 Å². The van der Waals surface area contributed by atoms with Crippen molar-refractivity contribution in [1.29, 1.82) is 0 Å². The largest absolute Gasteiger partial charge is 0.397 e. The Labute approximate surface area is 116 Å². The lowest BCUT2D eigenvalue weighted by Crippen LogP contribution is -2.37. The lowest BCUT2D eigenvalue weighted by atomic mass is 10.1. The first kappa shape index (κ1) is 15.2. The van der Waals surface area contributed by atoms with Gasteiger partial charge in [0.25, 0.3) is 11.6 Å². The highest BCUT2D eigenvalue weighted by Crippen LogP contribution is 2.30. The topological polar surface area (TPSA) is 89.5 Å². The Balaban J connectivity index is 3.33. The molecule has 0 aliphatic carbocycles. The average molecular weight is 286 g/mol. The molecule has 7 heteroatoms. The van der Waals surface area contributed by atoms with E-state index >= 15 is 0 Å². The van der Waals surface area contributed by atoms with Crippen molar-refractivity contribution in [2.45, 2.75) is 26.8 Å². The summed E-state index contributed by atoms with van der Waals surface area (Å²) in [7, 11) is 0. The first-order valence-electron chi connectivity index (χ1n) is 5.84. The van der Waals surface area contributed by atoms with Crippen molar-refractivity contribution in [2.75, 3.05) is 12.3 Å². The van der Waals surface area contributed by atoms with Gasteiger partial charge in [0.05, 0.1) is 21.2 Å². The summed E-state index contributed by atoms with van der Waals surface area (Å²) in [6.07, 6.45) is 0. The maximum absolute atomic E-state index is 12.3.